The lowest BCUT2D eigenvalue weighted by molar-refractivity contribution is 0.631. The van der Waals surface area contributed by atoms with Crippen molar-refractivity contribution in [2.24, 2.45) is 10.2 Å². The lowest BCUT2D eigenvalue weighted by atomic mass is 10.0. The largest absolute Gasteiger partial charge is 0.206 e. The fourth-order valence-corrected chi connectivity index (χ4v) is 3.32. The minimum atomic E-state index is -0.260. The van der Waals surface area contributed by atoms with E-state index in [1.807, 2.05) is 36.4 Å². The fourth-order valence-electron chi connectivity index (χ4n) is 3.32. The molecule has 158 valence electrons. The zero-order valence-corrected chi connectivity index (χ0v) is 18.1. The molecule has 0 heterocycles. The van der Waals surface area contributed by atoms with Crippen molar-refractivity contribution in [2.75, 3.05) is 0 Å². The van der Waals surface area contributed by atoms with Gasteiger partial charge in [0.2, 0.25) is 0 Å². The number of rotatable bonds is 10. The van der Waals surface area contributed by atoms with E-state index in [1.165, 1.54) is 30.0 Å². The first kappa shape index (κ1) is 22.4. The summed E-state index contributed by atoms with van der Waals surface area (Å²) >= 11 is 0. The van der Waals surface area contributed by atoms with Gasteiger partial charge in [-0.15, -0.1) is 6.58 Å². The van der Waals surface area contributed by atoms with Crippen molar-refractivity contribution in [3.63, 3.8) is 0 Å². The molecule has 0 spiro atoms. The first-order valence-electron chi connectivity index (χ1n) is 10.8. The Morgan fingerprint density at radius 2 is 1.42 bits per heavy atom. The number of nitrogens with zero attached hydrogens (tertiary/aromatic N) is 2. The van der Waals surface area contributed by atoms with Crippen LogP contribution in [0.2, 0.25) is 0 Å². The summed E-state index contributed by atoms with van der Waals surface area (Å²) in [7, 11) is 0. The third-order valence-corrected chi connectivity index (χ3v) is 5.17. The van der Waals surface area contributed by atoms with E-state index in [9.17, 15) is 4.39 Å². The average molecular weight is 413 g/mol. The van der Waals surface area contributed by atoms with Gasteiger partial charge in [-0.05, 0) is 59.6 Å². The Hall–Kier alpha value is -3.33. The molecule has 31 heavy (non-hydrogen) atoms. The summed E-state index contributed by atoms with van der Waals surface area (Å²) in [6, 6.07) is 21.5. The average Bonchev–Trinajstić information content (AvgIpc) is 2.80. The number of benzene rings is 3. The van der Waals surface area contributed by atoms with E-state index < -0.39 is 0 Å². The Morgan fingerprint density at radius 1 is 0.806 bits per heavy atom. The molecule has 0 saturated heterocycles. The molecule has 0 N–H and O–H groups in total. The third kappa shape index (κ3) is 6.85. The molecule has 3 aromatic rings. The monoisotopic (exact) mass is 412 g/mol. The van der Waals surface area contributed by atoms with Gasteiger partial charge in [0.05, 0.1) is 12.4 Å². The summed E-state index contributed by atoms with van der Waals surface area (Å²) in [5, 5.41) is 8.14. The SMILES string of the molecule is C=CCCc1ccc(C=NN=Cc2ccc(-c3ccc(CCCC)cc3)c(F)c2)cc1. The van der Waals surface area contributed by atoms with Gasteiger partial charge in [0.15, 0.2) is 0 Å². The molecular formula is C28H29FN2. The molecule has 0 aliphatic rings. The highest BCUT2D eigenvalue weighted by molar-refractivity contribution is 5.83. The Labute approximate surface area is 184 Å². The van der Waals surface area contributed by atoms with Crippen molar-refractivity contribution in [1.29, 1.82) is 0 Å². The quantitative estimate of drug-likeness (QED) is 0.188. The van der Waals surface area contributed by atoms with Crippen molar-refractivity contribution in [2.45, 2.75) is 39.0 Å². The highest BCUT2D eigenvalue weighted by Gasteiger charge is 2.06. The number of allylic oxidation sites excluding steroid dienone is 1. The molecule has 3 rings (SSSR count). The van der Waals surface area contributed by atoms with Gasteiger partial charge in [-0.3, -0.25) is 0 Å². The smallest absolute Gasteiger partial charge is 0.131 e. The lowest BCUT2D eigenvalue weighted by Gasteiger charge is -2.06. The van der Waals surface area contributed by atoms with Gasteiger partial charge in [-0.2, -0.15) is 10.2 Å². The van der Waals surface area contributed by atoms with Crippen molar-refractivity contribution in [3.05, 3.63) is 107 Å². The molecular weight excluding hydrogens is 383 g/mol. The molecule has 0 saturated carbocycles. The number of hydrogen-bond acceptors (Lipinski definition) is 2. The fraction of sp³-hybridized carbons (Fsp3) is 0.214. The van der Waals surface area contributed by atoms with E-state index in [4.69, 9.17) is 0 Å². The Balaban J connectivity index is 1.61. The van der Waals surface area contributed by atoms with Gasteiger partial charge in [0.25, 0.3) is 0 Å². The van der Waals surface area contributed by atoms with E-state index in [0.717, 1.165) is 30.4 Å². The van der Waals surface area contributed by atoms with Gasteiger partial charge < -0.3 is 0 Å². The maximum absolute atomic E-state index is 14.6. The summed E-state index contributed by atoms with van der Waals surface area (Å²) < 4.78 is 14.6. The van der Waals surface area contributed by atoms with E-state index in [2.05, 4.69) is 48.0 Å². The van der Waals surface area contributed by atoms with Gasteiger partial charge >= 0.3 is 0 Å². The van der Waals surface area contributed by atoms with Crippen molar-refractivity contribution in [3.8, 4) is 11.1 Å². The van der Waals surface area contributed by atoms with Gasteiger partial charge in [-0.25, -0.2) is 4.39 Å². The summed E-state index contributed by atoms with van der Waals surface area (Å²) in [5.41, 5.74) is 5.70. The van der Waals surface area contributed by atoms with E-state index in [1.54, 1.807) is 18.5 Å². The van der Waals surface area contributed by atoms with Crippen LogP contribution in [0.5, 0.6) is 0 Å². The number of halogens is 1. The van der Waals surface area contributed by atoms with Crippen molar-refractivity contribution in [1.82, 2.24) is 0 Å². The minimum Gasteiger partial charge on any atom is -0.206 e. The molecule has 0 aliphatic heterocycles. The third-order valence-electron chi connectivity index (χ3n) is 5.17. The van der Waals surface area contributed by atoms with Crippen molar-refractivity contribution >= 4 is 12.4 Å². The summed E-state index contributed by atoms with van der Waals surface area (Å²) in [4.78, 5) is 0. The molecule has 0 atom stereocenters. The van der Waals surface area contributed by atoms with Crippen LogP contribution < -0.4 is 0 Å². The Kier molecular flexibility index (Phi) is 8.48. The summed E-state index contributed by atoms with van der Waals surface area (Å²) in [6.07, 6.45) is 10.5. The standard InChI is InChI=1S/C28H29FN2/c1-3-5-7-22-9-11-24(12-10-22)20-30-31-21-25-15-18-27(28(29)19-25)26-16-13-23(14-17-26)8-6-4-2/h3,9-21H,1,4-8H2,2H3. The maximum Gasteiger partial charge on any atom is 0.131 e. The molecule has 3 aromatic carbocycles. The lowest BCUT2D eigenvalue weighted by Crippen LogP contribution is -1.90. The maximum atomic E-state index is 14.6. The first-order chi connectivity index (χ1) is 15.2. The van der Waals surface area contributed by atoms with Crippen LogP contribution in [0.15, 0.2) is 89.6 Å². The molecule has 0 aromatic heterocycles. The van der Waals surface area contributed by atoms with Crippen LogP contribution in [0.3, 0.4) is 0 Å². The van der Waals surface area contributed by atoms with E-state index in [-0.39, 0.29) is 5.82 Å². The van der Waals surface area contributed by atoms with Gasteiger partial charge in [-0.1, -0.05) is 80.1 Å². The minimum absolute atomic E-state index is 0.260. The zero-order chi connectivity index (χ0) is 21.9. The number of hydrogen-bond donors (Lipinski definition) is 0. The molecule has 3 heteroatoms. The van der Waals surface area contributed by atoms with Crippen LogP contribution in [-0.2, 0) is 12.8 Å². The van der Waals surface area contributed by atoms with Crippen LogP contribution in [0.1, 0.15) is 48.4 Å². The molecule has 0 fully saturated rings. The topological polar surface area (TPSA) is 24.7 Å². The molecule has 0 bridgehead atoms. The van der Waals surface area contributed by atoms with Crippen LogP contribution in [0, 0.1) is 5.82 Å². The normalized spacial score (nSPS) is 11.4. The van der Waals surface area contributed by atoms with Crippen LogP contribution in [-0.4, -0.2) is 12.4 Å². The zero-order valence-electron chi connectivity index (χ0n) is 18.1. The van der Waals surface area contributed by atoms with E-state index in [0.29, 0.717) is 11.1 Å². The second-order valence-electron chi connectivity index (χ2n) is 7.60. The first-order valence-corrected chi connectivity index (χ1v) is 10.8. The summed E-state index contributed by atoms with van der Waals surface area (Å²) in [5.74, 6) is -0.260. The van der Waals surface area contributed by atoms with E-state index >= 15 is 0 Å². The van der Waals surface area contributed by atoms with Crippen LogP contribution >= 0.6 is 0 Å². The Morgan fingerprint density at radius 3 is 2.06 bits per heavy atom. The summed E-state index contributed by atoms with van der Waals surface area (Å²) in [6.45, 7) is 5.93. The van der Waals surface area contributed by atoms with Gasteiger partial charge in [0, 0.05) is 5.56 Å². The predicted octanol–water partition coefficient (Wildman–Crippen LogP) is 7.41. The Bertz CT molecular complexity index is 1030. The second kappa shape index (κ2) is 11.8. The van der Waals surface area contributed by atoms with Crippen LogP contribution in [0.4, 0.5) is 4.39 Å². The predicted molar refractivity (Wildman–Crippen MR) is 131 cm³/mol. The molecule has 0 aliphatic carbocycles. The van der Waals surface area contributed by atoms with Gasteiger partial charge in [0.1, 0.15) is 5.82 Å². The molecule has 0 amide bonds. The number of unbranched alkanes of at least 4 members (excludes halogenated alkanes) is 1. The highest BCUT2D eigenvalue weighted by atomic mass is 19.1. The molecule has 0 unspecified atom stereocenters. The highest BCUT2D eigenvalue weighted by Crippen LogP contribution is 2.24. The number of aryl methyl sites for hydroxylation is 2. The molecule has 2 nitrogen and oxygen atoms in total. The second-order valence-corrected chi connectivity index (χ2v) is 7.60. The van der Waals surface area contributed by atoms with Crippen LogP contribution in [0.25, 0.3) is 11.1 Å². The van der Waals surface area contributed by atoms with Crippen molar-refractivity contribution < 1.29 is 4.39 Å². The molecule has 0 radical (unpaired) electrons.